The lowest BCUT2D eigenvalue weighted by Crippen LogP contribution is -2.37. The lowest BCUT2D eigenvalue weighted by Gasteiger charge is -2.27. The molecule has 0 unspecified atom stereocenters. The fraction of sp³-hybridized carbons (Fsp3) is 0.412. The maximum atomic E-state index is 5.49. The van der Waals surface area contributed by atoms with Crippen LogP contribution in [0.3, 0.4) is 0 Å². The van der Waals surface area contributed by atoms with Crippen LogP contribution in [-0.2, 0) is 4.74 Å². The average molecular weight is 609 g/mol. The standard InChI is InChI=1S/C17H21I2N7O2/c1-25(2)16-21-15(22-17(23-16)26-4-6-28-7-5-26)24-20-10-11-8-12(18)9-13(19)14(11)27-3/h8-10H,4-7H2,1-3H3,(H,21,22,23,24)/b20-10+. The zero-order valence-electron chi connectivity index (χ0n) is 15.8. The van der Waals surface area contributed by atoms with Gasteiger partial charge in [-0.15, -0.1) is 0 Å². The van der Waals surface area contributed by atoms with Crippen molar-refractivity contribution in [3.05, 3.63) is 24.8 Å². The van der Waals surface area contributed by atoms with Crippen molar-refractivity contribution in [2.45, 2.75) is 0 Å². The first-order valence-corrected chi connectivity index (χ1v) is 10.7. The molecule has 1 aromatic carbocycles. The Balaban J connectivity index is 1.84. The van der Waals surface area contributed by atoms with Crippen molar-refractivity contribution in [1.29, 1.82) is 0 Å². The summed E-state index contributed by atoms with van der Waals surface area (Å²) in [6.07, 6.45) is 1.71. The molecule has 28 heavy (non-hydrogen) atoms. The number of halogens is 2. The molecule has 150 valence electrons. The normalized spacial score (nSPS) is 14.4. The van der Waals surface area contributed by atoms with Crippen LogP contribution in [0.2, 0.25) is 0 Å². The molecule has 1 N–H and O–H groups in total. The van der Waals surface area contributed by atoms with E-state index in [1.54, 1.807) is 13.3 Å². The van der Waals surface area contributed by atoms with E-state index in [1.807, 2.05) is 25.1 Å². The molecule has 0 amide bonds. The van der Waals surface area contributed by atoms with E-state index in [-0.39, 0.29) is 0 Å². The van der Waals surface area contributed by atoms with E-state index in [1.165, 1.54) is 0 Å². The maximum absolute atomic E-state index is 5.49. The number of ether oxygens (including phenoxy) is 2. The van der Waals surface area contributed by atoms with Crippen molar-refractivity contribution in [1.82, 2.24) is 15.0 Å². The summed E-state index contributed by atoms with van der Waals surface area (Å²) in [5, 5.41) is 4.31. The van der Waals surface area contributed by atoms with E-state index < -0.39 is 0 Å². The smallest absolute Gasteiger partial charge is 0.250 e. The maximum Gasteiger partial charge on any atom is 0.250 e. The van der Waals surface area contributed by atoms with Gasteiger partial charge < -0.3 is 19.3 Å². The molecular formula is C17H21I2N7O2. The fourth-order valence-electron chi connectivity index (χ4n) is 2.56. The molecule has 0 atom stereocenters. The number of rotatable bonds is 6. The molecule has 0 bridgehead atoms. The van der Waals surface area contributed by atoms with Gasteiger partial charge in [0.1, 0.15) is 5.75 Å². The molecule has 2 aromatic rings. The van der Waals surface area contributed by atoms with Crippen LogP contribution >= 0.6 is 45.2 Å². The van der Waals surface area contributed by atoms with Gasteiger partial charge in [0.25, 0.3) is 0 Å². The number of morpholine rings is 1. The van der Waals surface area contributed by atoms with Crippen molar-refractivity contribution in [2.75, 3.05) is 62.7 Å². The molecule has 2 heterocycles. The SMILES string of the molecule is COc1c(I)cc(I)cc1/C=N/Nc1nc(N(C)C)nc(N2CCOCC2)n1. The van der Waals surface area contributed by atoms with Crippen molar-refractivity contribution < 1.29 is 9.47 Å². The highest BCUT2D eigenvalue weighted by Gasteiger charge is 2.17. The molecule has 1 fully saturated rings. The molecule has 11 heteroatoms. The summed E-state index contributed by atoms with van der Waals surface area (Å²) in [5.41, 5.74) is 3.80. The number of nitrogens with zero attached hydrogens (tertiary/aromatic N) is 6. The molecule has 1 aliphatic heterocycles. The van der Waals surface area contributed by atoms with Gasteiger partial charge in [0.2, 0.25) is 17.8 Å². The molecule has 0 spiro atoms. The summed E-state index contributed by atoms with van der Waals surface area (Å²) >= 11 is 4.52. The molecule has 0 saturated carbocycles. The Bertz CT molecular complexity index is 858. The first-order chi connectivity index (χ1) is 13.5. The van der Waals surface area contributed by atoms with Crippen molar-refractivity contribution >= 4 is 69.2 Å². The second kappa shape index (κ2) is 9.82. The second-order valence-electron chi connectivity index (χ2n) is 6.13. The van der Waals surface area contributed by atoms with E-state index in [0.717, 1.165) is 31.5 Å². The van der Waals surface area contributed by atoms with Crippen molar-refractivity contribution in [3.63, 3.8) is 0 Å². The number of aromatic nitrogens is 3. The predicted octanol–water partition coefficient (Wildman–Crippen LogP) is 2.44. The Morgan fingerprint density at radius 2 is 1.96 bits per heavy atom. The minimum Gasteiger partial charge on any atom is -0.495 e. The van der Waals surface area contributed by atoms with E-state index in [0.29, 0.717) is 31.1 Å². The Kier molecular flexibility index (Phi) is 7.45. The monoisotopic (exact) mass is 609 g/mol. The van der Waals surface area contributed by atoms with E-state index in [2.05, 4.69) is 81.6 Å². The number of nitrogens with one attached hydrogen (secondary N) is 1. The van der Waals surface area contributed by atoms with Gasteiger partial charge in [-0.3, -0.25) is 0 Å². The number of anilines is 3. The first-order valence-electron chi connectivity index (χ1n) is 8.56. The summed E-state index contributed by atoms with van der Waals surface area (Å²) < 4.78 is 13.0. The van der Waals surface area contributed by atoms with Crippen LogP contribution < -0.4 is 20.0 Å². The number of hydrogen-bond acceptors (Lipinski definition) is 9. The Morgan fingerprint density at radius 3 is 2.64 bits per heavy atom. The topological polar surface area (TPSA) is 88.0 Å². The van der Waals surface area contributed by atoms with Crippen LogP contribution in [0.4, 0.5) is 17.8 Å². The van der Waals surface area contributed by atoms with Crippen molar-refractivity contribution in [3.8, 4) is 5.75 Å². The van der Waals surface area contributed by atoms with Gasteiger partial charge in [-0.05, 0) is 57.3 Å². The van der Waals surface area contributed by atoms with Gasteiger partial charge in [0.05, 0.1) is 30.1 Å². The summed E-state index contributed by atoms with van der Waals surface area (Å²) in [7, 11) is 5.44. The second-order valence-corrected chi connectivity index (χ2v) is 8.54. The number of hydrazone groups is 1. The lowest BCUT2D eigenvalue weighted by molar-refractivity contribution is 0.122. The highest BCUT2D eigenvalue weighted by Crippen LogP contribution is 2.27. The van der Waals surface area contributed by atoms with Crippen LogP contribution in [0.25, 0.3) is 0 Å². The van der Waals surface area contributed by atoms with Gasteiger partial charge in [-0.25, -0.2) is 5.43 Å². The number of methoxy groups -OCH3 is 1. The zero-order valence-corrected chi connectivity index (χ0v) is 20.1. The lowest BCUT2D eigenvalue weighted by atomic mass is 10.2. The molecule has 9 nitrogen and oxygen atoms in total. The molecule has 0 radical (unpaired) electrons. The first kappa shape index (κ1) is 21.2. The molecule has 1 aliphatic rings. The highest BCUT2D eigenvalue weighted by molar-refractivity contribution is 14.1. The van der Waals surface area contributed by atoms with Gasteiger partial charge in [0, 0.05) is 36.3 Å². The Labute approximate surface area is 191 Å². The van der Waals surface area contributed by atoms with E-state index in [4.69, 9.17) is 9.47 Å². The van der Waals surface area contributed by atoms with E-state index >= 15 is 0 Å². The molecular weight excluding hydrogens is 588 g/mol. The molecule has 1 aromatic heterocycles. The summed E-state index contributed by atoms with van der Waals surface area (Å²) in [4.78, 5) is 17.4. The largest absolute Gasteiger partial charge is 0.495 e. The van der Waals surface area contributed by atoms with Crippen molar-refractivity contribution in [2.24, 2.45) is 5.10 Å². The third kappa shape index (κ3) is 5.31. The highest BCUT2D eigenvalue weighted by atomic mass is 127. The quantitative estimate of drug-likeness (QED) is 0.304. The van der Waals surface area contributed by atoms with Crippen LogP contribution in [0.15, 0.2) is 17.2 Å². The summed E-state index contributed by atoms with van der Waals surface area (Å²) in [6.45, 7) is 2.82. The number of hydrogen-bond donors (Lipinski definition) is 1. The molecule has 3 rings (SSSR count). The van der Waals surface area contributed by atoms with Crippen LogP contribution in [0, 0.1) is 7.14 Å². The molecule has 1 saturated heterocycles. The van der Waals surface area contributed by atoms with Crippen LogP contribution in [-0.4, -0.2) is 68.7 Å². The average Bonchev–Trinajstić information content (AvgIpc) is 2.68. The summed E-state index contributed by atoms with van der Waals surface area (Å²) in [6, 6.07) is 4.05. The van der Waals surface area contributed by atoms with E-state index in [9.17, 15) is 0 Å². The van der Waals surface area contributed by atoms with Gasteiger partial charge in [-0.1, -0.05) is 0 Å². The molecule has 0 aliphatic carbocycles. The van der Waals surface area contributed by atoms with Crippen LogP contribution in [0.1, 0.15) is 5.56 Å². The number of benzene rings is 1. The Hall–Kier alpha value is -1.48. The third-order valence-electron chi connectivity index (χ3n) is 3.92. The summed E-state index contributed by atoms with van der Waals surface area (Å²) in [5.74, 6) is 2.35. The fourth-order valence-corrected chi connectivity index (χ4v) is 4.67. The zero-order chi connectivity index (χ0) is 20.1. The Morgan fingerprint density at radius 1 is 1.21 bits per heavy atom. The predicted molar refractivity (Wildman–Crippen MR) is 127 cm³/mol. The van der Waals surface area contributed by atoms with Gasteiger partial charge in [-0.2, -0.15) is 20.1 Å². The minimum absolute atomic E-state index is 0.385. The van der Waals surface area contributed by atoms with Crippen LogP contribution in [0.5, 0.6) is 5.75 Å². The van der Waals surface area contributed by atoms with Gasteiger partial charge >= 0.3 is 0 Å². The van der Waals surface area contributed by atoms with Gasteiger partial charge in [0.15, 0.2) is 0 Å². The third-order valence-corrected chi connectivity index (χ3v) is 5.34. The minimum atomic E-state index is 0.385.